The van der Waals surface area contributed by atoms with E-state index in [-0.39, 0.29) is 12.5 Å². The van der Waals surface area contributed by atoms with Gasteiger partial charge in [-0.3, -0.25) is 14.8 Å². The number of hydrogen-bond acceptors (Lipinski definition) is 5. The monoisotopic (exact) mass is 367 g/mol. The van der Waals surface area contributed by atoms with Gasteiger partial charge in [0.15, 0.2) is 0 Å². The van der Waals surface area contributed by atoms with E-state index >= 15 is 0 Å². The zero-order chi connectivity index (χ0) is 19.5. The Morgan fingerprint density at radius 2 is 1.78 bits per heavy atom. The van der Waals surface area contributed by atoms with Crippen LogP contribution >= 0.6 is 0 Å². The maximum atomic E-state index is 11.0. The SMILES string of the molecule is CC/C=C/c1ccnc(-c2cc(N)ccn2)c1.NCC(=O)N1CCCCC1. The largest absolute Gasteiger partial charge is 0.399 e. The van der Waals surface area contributed by atoms with Crippen LogP contribution in [0.2, 0.25) is 0 Å². The predicted octanol–water partition coefficient (Wildman–Crippen LogP) is 3.11. The molecule has 1 aliphatic heterocycles. The molecular weight excluding hydrogens is 338 g/mol. The number of nitrogens with two attached hydrogens (primary N) is 2. The standard InChI is InChI=1S/C14H15N3.C7H14N2O/c1-2-3-4-11-5-7-16-13(9-11)14-10-12(15)6-8-17-14;8-6-7(10)9-4-2-1-3-5-9/h3-10H,2H2,1H3,(H2,15,17);1-6,8H2/b4-3+;. The van der Waals surface area contributed by atoms with Gasteiger partial charge >= 0.3 is 0 Å². The number of likely N-dealkylation sites (tertiary alicyclic amines) is 1. The molecule has 3 heterocycles. The molecule has 0 saturated carbocycles. The van der Waals surface area contributed by atoms with Gasteiger partial charge in [0, 0.05) is 31.2 Å². The van der Waals surface area contributed by atoms with E-state index in [1.807, 2.05) is 23.1 Å². The van der Waals surface area contributed by atoms with Crippen LogP contribution in [0.1, 0.15) is 38.2 Å². The molecule has 0 atom stereocenters. The second-order valence-electron chi connectivity index (χ2n) is 6.41. The van der Waals surface area contributed by atoms with Gasteiger partial charge in [-0.15, -0.1) is 0 Å². The topological polar surface area (TPSA) is 98.1 Å². The molecule has 3 rings (SSSR count). The van der Waals surface area contributed by atoms with Gasteiger partial charge in [-0.25, -0.2) is 0 Å². The van der Waals surface area contributed by atoms with Crippen LogP contribution < -0.4 is 11.5 Å². The number of carbonyl (C=O) groups is 1. The van der Waals surface area contributed by atoms with Crippen LogP contribution in [0.4, 0.5) is 5.69 Å². The van der Waals surface area contributed by atoms with E-state index < -0.39 is 0 Å². The molecule has 27 heavy (non-hydrogen) atoms. The lowest BCUT2D eigenvalue weighted by molar-refractivity contribution is -0.130. The smallest absolute Gasteiger partial charge is 0.236 e. The van der Waals surface area contributed by atoms with E-state index in [4.69, 9.17) is 11.5 Å². The first kappa shape index (κ1) is 20.6. The van der Waals surface area contributed by atoms with E-state index in [0.717, 1.165) is 49.3 Å². The lowest BCUT2D eigenvalue weighted by Gasteiger charge is -2.25. The van der Waals surface area contributed by atoms with Crippen molar-refractivity contribution in [2.45, 2.75) is 32.6 Å². The molecule has 1 saturated heterocycles. The summed E-state index contributed by atoms with van der Waals surface area (Å²) in [5, 5.41) is 0. The molecule has 2 aromatic heterocycles. The van der Waals surface area contributed by atoms with E-state index in [1.54, 1.807) is 18.5 Å². The Hall–Kier alpha value is -2.73. The summed E-state index contributed by atoms with van der Waals surface area (Å²) in [7, 11) is 0. The number of aromatic nitrogens is 2. The van der Waals surface area contributed by atoms with Crippen LogP contribution in [-0.4, -0.2) is 40.4 Å². The van der Waals surface area contributed by atoms with Gasteiger partial charge in [0.1, 0.15) is 0 Å². The first-order valence-corrected chi connectivity index (χ1v) is 9.46. The van der Waals surface area contributed by atoms with Gasteiger partial charge in [-0.05, 0) is 55.5 Å². The van der Waals surface area contributed by atoms with Crippen LogP contribution in [0, 0.1) is 0 Å². The van der Waals surface area contributed by atoms with Crippen LogP contribution in [-0.2, 0) is 4.79 Å². The third-order valence-electron chi connectivity index (χ3n) is 4.26. The van der Waals surface area contributed by atoms with Crippen LogP contribution in [0.15, 0.2) is 42.7 Å². The zero-order valence-corrected chi connectivity index (χ0v) is 16.0. The van der Waals surface area contributed by atoms with Crippen molar-refractivity contribution in [2.24, 2.45) is 5.73 Å². The third kappa shape index (κ3) is 6.83. The first-order valence-electron chi connectivity index (χ1n) is 9.46. The number of hydrogen-bond donors (Lipinski definition) is 2. The molecule has 1 amide bonds. The van der Waals surface area contributed by atoms with Gasteiger partial charge in [0.05, 0.1) is 17.9 Å². The van der Waals surface area contributed by atoms with Crippen molar-refractivity contribution in [1.29, 1.82) is 0 Å². The average Bonchev–Trinajstić information content (AvgIpc) is 2.73. The summed E-state index contributed by atoms with van der Waals surface area (Å²) in [5.41, 5.74) is 14.4. The van der Waals surface area contributed by atoms with Crippen molar-refractivity contribution in [3.05, 3.63) is 48.3 Å². The summed E-state index contributed by atoms with van der Waals surface area (Å²) in [6, 6.07) is 7.58. The fourth-order valence-corrected chi connectivity index (χ4v) is 2.80. The Kier molecular flexibility index (Phi) is 8.45. The second-order valence-corrected chi connectivity index (χ2v) is 6.41. The Morgan fingerprint density at radius 1 is 1.11 bits per heavy atom. The number of carbonyl (C=O) groups excluding carboxylic acids is 1. The fourth-order valence-electron chi connectivity index (χ4n) is 2.80. The van der Waals surface area contributed by atoms with Gasteiger partial charge in [0.2, 0.25) is 5.91 Å². The molecule has 0 bridgehead atoms. The molecule has 1 fully saturated rings. The number of amides is 1. The number of anilines is 1. The summed E-state index contributed by atoms with van der Waals surface area (Å²) in [6.07, 6.45) is 12.2. The highest BCUT2D eigenvalue weighted by atomic mass is 16.2. The molecule has 0 radical (unpaired) electrons. The quantitative estimate of drug-likeness (QED) is 0.865. The van der Waals surface area contributed by atoms with Crippen LogP contribution in [0.25, 0.3) is 17.5 Å². The minimum Gasteiger partial charge on any atom is -0.399 e. The molecule has 0 unspecified atom stereocenters. The third-order valence-corrected chi connectivity index (χ3v) is 4.26. The predicted molar refractivity (Wildman–Crippen MR) is 111 cm³/mol. The zero-order valence-electron chi connectivity index (χ0n) is 16.0. The van der Waals surface area contributed by atoms with E-state index in [9.17, 15) is 4.79 Å². The first-order chi connectivity index (χ1) is 13.1. The highest BCUT2D eigenvalue weighted by Gasteiger charge is 2.13. The lowest BCUT2D eigenvalue weighted by atomic mass is 10.1. The molecule has 4 N–H and O–H groups in total. The van der Waals surface area contributed by atoms with E-state index in [2.05, 4.69) is 29.0 Å². The lowest BCUT2D eigenvalue weighted by Crippen LogP contribution is -2.39. The van der Waals surface area contributed by atoms with Crippen molar-refractivity contribution in [2.75, 3.05) is 25.4 Å². The Balaban J connectivity index is 0.000000223. The van der Waals surface area contributed by atoms with Crippen LogP contribution in [0.5, 0.6) is 0 Å². The van der Waals surface area contributed by atoms with Crippen molar-refractivity contribution in [3.8, 4) is 11.4 Å². The molecule has 2 aromatic rings. The molecular formula is C21H29N5O. The van der Waals surface area contributed by atoms with Gasteiger partial charge in [-0.2, -0.15) is 0 Å². The minimum absolute atomic E-state index is 0.0969. The molecule has 0 aromatic carbocycles. The average molecular weight is 367 g/mol. The summed E-state index contributed by atoms with van der Waals surface area (Å²) in [6.45, 7) is 4.10. The Labute approximate surface area is 161 Å². The summed E-state index contributed by atoms with van der Waals surface area (Å²) in [5.74, 6) is 0.0969. The molecule has 6 heteroatoms. The van der Waals surface area contributed by atoms with Gasteiger partial charge in [-0.1, -0.05) is 19.1 Å². The van der Waals surface area contributed by atoms with Crippen molar-refractivity contribution in [3.63, 3.8) is 0 Å². The number of rotatable bonds is 4. The minimum atomic E-state index is 0.0969. The summed E-state index contributed by atoms with van der Waals surface area (Å²) >= 11 is 0. The second kappa shape index (κ2) is 11.1. The number of nitrogen functional groups attached to an aromatic ring is 1. The van der Waals surface area contributed by atoms with Gasteiger partial charge in [0.25, 0.3) is 0 Å². The normalized spacial score (nSPS) is 13.9. The number of nitrogens with zero attached hydrogens (tertiary/aromatic N) is 3. The Bertz CT molecular complexity index is 754. The highest BCUT2D eigenvalue weighted by Crippen LogP contribution is 2.18. The summed E-state index contributed by atoms with van der Waals surface area (Å²) < 4.78 is 0. The van der Waals surface area contributed by atoms with Crippen molar-refractivity contribution < 1.29 is 4.79 Å². The van der Waals surface area contributed by atoms with Crippen molar-refractivity contribution >= 4 is 17.7 Å². The highest BCUT2D eigenvalue weighted by molar-refractivity contribution is 5.78. The van der Waals surface area contributed by atoms with Gasteiger partial charge < -0.3 is 16.4 Å². The van der Waals surface area contributed by atoms with E-state index in [1.165, 1.54) is 6.42 Å². The Morgan fingerprint density at radius 3 is 2.41 bits per heavy atom. The molecule has 0 aliphatic carbocycles. The maximum absolute atomic E-state index is 11.0. The molecule has 6 nitrogen and oxygen atoms in total. The van der Waals surface area contributed by atoms with E-state index in [0.29, 0.717) is 5.69 Å². The van der Waals surface area contributed by atoms with Crippen molar-refractivity contribution in [1.82, 2.24) is 14.9 Å². The number of allylic oxidation sites excluding steroid dienone is 1. The van der Waals surface area contributed by atoms with Crippen LogP contribution in [0.3, 0.4) is 0 Å². The summed E-state index contributed by atoms with van der Waals surface area (Å²) in [4.78, 5) is 21.4. The number of pyridine rings is 2. The number of piperidine rings is 1. The fraction of sp³-hybridized carbons (Fsp3) is 0.381. The molecule has 0 spiro atoms. The molecule has 1 aliphatic rings. The molecule has 144 valence electrons. The maximum Gasteiger partial charge on any atom is 0.236 e.